The van der Waals surface area contributed by atoms with Crippen molar-refractivity contribution in [2.24, 2.45) is 0 Å². The van der Waals surface area contributed by atoms with E-state index in [1.807, 2.05) is 31.2 Å². The summed E-state index contributed by atoms with van der Waals surface area (Å²) in [5, 5.41) is 8.61. The second-order valence-electron chi connectivity index (χ2n) is 3.49. The Balaban J connectivity index is 2.67. The van der Waals surface area contributed by atoms with Gasteiger partial charge in [0.05, 0.1) is 6.42 Å². The van der Waals surface area contributed by atoms with Crippen LogP contribution in [0.15, 0.2) is 24.3 Å². The number of hydrogen-bond donors (Lipinski definition) is 1. The van der Waals surface area contributed by atoms with Gasteiger partial charge in [-0.2, -0.15) is 0 Å². The number of carbonyl (C=O) groups is 1. The number of rotatable bonds is 5. The maximum Gasteiger partial charge on any atom is 0.307 e. The summed E-state index contributed by atoms with van der Waals surface area (Å²) in [7, 11) is 0. The maximum atomic E-state index is 10.5. The molecule has 15 heavy (non-hydrogen) atoms. The average molecular weight is 208 g/mol. The van der Waals surface area contributed by atoms with Crippen LogP contribution in [0.2, 0.25) is 0 Å². The molecule has 1 atom stereocenters. The van der Waals surface area contributed by atoms with E-state index in [0.717, 1.165) is 17.7 Å². The minimum Gasteiger partial charge on any atom is -0.490 e. The van der Waals surface area contributed by atoms with Gasteiger partial charge in [0.15, 0.2) is 0 Å². The van der Waals surface area contributed by atoms with Gasteiger partial charge in [-0.1, -0.05) is 25.1 Å². The van der Waals surface area contributed by atoms with Crippen molar-refractivity contribution in [1.29, 1.82) is 0 Å². The molecular weight excluding hydrogens is 192 g/mol. The molecule has 0 aliphatic heterocycles. The number of aryl methyl sites for hydroxylation is 1. The van der Waals surface area contributed by atoms with Gasteiger partial charge < -0.3 is 9.84 Å². The lowest BCUT2D eigenvalue weighted by Crippen LogP contribution is -2.17. The average Bonchev–Trinajstić information content (AvgIpc) is 2.17. The van der Waals surface area contributed by atoms with Crippen LogP contribution in [-0.4, -0.2) is 17.2 Å². The first-order valence-corrected chi connectivity index (χ1v) is 5.09. The summed E-state index contributed by atoms with van der Waals surface area (Å²) in [5.41, 5.74) is 1.11. The molecule has 0 fully saturated rings. The van der Waals surface area contributed by atoms with Gasteiger partial charge in [-0.3, -0.25) is 4.79 Å². The lowest BCUT2D eigenvalue weighted by atomic mass is 10.1. The fourth-order valence-corrected chi connectivity index (χ4v) is 1.42. The molecule has 0 spiro atoms. The van der Waals surface area contributed by atoms with E-state index in [2.05, 4.69) is 0 Å². The highest BCUT2D eigenvalue weighted by molar-refractivity contribution is 5.67. The number of carboxylic acids is 1. The zero-order valence-electron chi connectivity index (χ0n) is 9.06. The first-order chi connectivity index (χ1) is 7.13. The molecule has 0 bridgehead atoms. The number of ether oxygens (including phenoxy) is 1. The van der Waals surface area contributed by atoms with Gasteiger partial charge >= 0.3 is 5.97 Å². The lowest BCUT2D eigenvalue weighted by Gasteiger charge is -2.15. The standard InChI is InChI=1S/C12H16O3/c1-3-10-6-4-5-7-11(10)15-9(2)8-12(13)14/h4-7,9H,3,8H2,1-2H3,(H,13,14). The Morgan fingerprint density at radius 3 is 2.73 bits per heavy atom. The van der Waals surface area contributed by atoms with E-state index < -0.39 is 5.97 Å². The van der Waals surface area contributed by atoms with Crippen molar-refractivity contribution in [2.45, 2.75) is 32.8 Å². The fraction of sp³-hybridized carbons (Fsp3) is 0.417. The Morgan fingerprint density at radius 2 is 2.13 bits per heavy atom. The molecule has 1 aromatic rings. The van der Waals surface area contributed by atoms with Crippen molar-refractivity contribution in [3.05, 3.63) is 29.8 Å². The van der Waals surface area contributed by atoms with E-state index >= 15 is 0 Å². The predicted octanol–water partition coefficient (Wildman–Crippen LogP) is 2.49. The molecule has 0 radical (unpaired) electrons. The molecule has 82 valence electrons. The van der Waals surface area contributed by atoms with Crippen LogP contribution in [0.25, 0.3) is 0 Å². The Hall–Kier alpha value is -1.51. The monoisotopic (exact) mass is 208 g/mol. The van der Waals surface area contributed by atoms with E-state index in [0.29, 0.717) is 0 Å². The molecule has 0 saturated carbocycles. The van der Waals surface area contributed by atoms with Gasteiger partial charge in [-0.25, -0.2) is 0 Å². The van der Waals surface area contributed by atoms with E-state index in [-0.39, 0.29) is 12.5 Å². The van der Waals surface area contributed by atoms with Gasteiger partial charge in [-0.15, -0.1) is 0 Å². The highest BCUT2D eigenvalue weighted by atomic mass is 16.5. The SMILES string of the molecule is CCc1ccccc1OC(C)CC(=O)O. The molecular formula is C12H16O3. The largest absolute Gasteiger partial charge is 0.490 e. The van der Waals surface area contributed by atoms with Crippen molar-refractivity contribution < 1.29 is 14.6 Å². The summed E-state index contributed by atoms with van der Waals surface area (Å²) in [4.78, 5) is 10.5. The first-order valence-electron chi connectivity index (χ1n) is 5.09. The van der Waals surface area contributed by atoms with Crippen molar-refractivity contribution in [3.63, 3.8) is 0 Å². The van der Waals surface area contributed by atoms with Crippen LogP contribution in [0.3, 0.4) is 0 Å². The van der Waals surface area contributed by atoms with Crippen LogP contribution in [0.5, 0.6) is 5.75 Å². The summed E-state index contributed by atoms with van der Waals surface area (Å²) in [6.45, 7) is 3.81. The van der Waals surface area contributed by atoms with Crippen molar-refractivity contribution in [2.75, 3.05) is 0 Å². The Bertz CT molecular complexity index is 333. The quantitative estimate of drug-likeness (QED) is 0.808. The molecule has 3 heteroatoms. The van der Waals surface area contributed by atoms with Gasteiger partial charge in [-0.05, 0) is 25.0 Å². The zero-order chi connectivity index (χ0) is 11.3. The lowest BCUT2D eigenvalue weighted by molar-refractivity contribution is -0.138. The summed E-state index contributed by atoms with van der Waals surface area (Å²) < 4.78 is 5.57. The Morgan fingerprint density at radius 1 is 1.47 bits per heavy atom. The molecule has 1 unspecified atom stereocenters. The Labute approximate surface area is 89.7 Å². The number of hydrogen-bond acceptors (Lipinski definition) is 2. The number of carboxylic acid groups (broad SMARTS) is 1. The smallest absolute Gasteiger partial charge is 0.307 e. The highest BCUT2D eigenvalue weighted by Crippen LogP contribution is 2.20. The minimum absolute atomic E-state index is 0.0258. The molecule has 1 aromatic carbocycles. The first kappa shape index (κ1) is 11.6. The highest BCUT2D eigenvalue weighted by Gasteiger charge is 2.10. The summed E-state index contributed by atoms with van der Waals surface area (Å²) in [6, 6.07) is 7.70. The normalized spacial score (nSPS) is 12.1. The van der Waals surface area contributed by atoms with Crippen LogP contribution in [0.1, 0.15) is 25.8 Å². The molecule has 0 aromatic heterocycles. The van der Waals surface area contributed by atoms with Gasteiger partial charge in [0.25, 0.3) is 0 Å². The second-order valence-corrected chi connectivity index (χ2v) is 3.49. The molecule has 0 aliphatic carbocycles. The predicted molar refractivity (Wildman–Crippen MR) is 58.2 cm³/mol. The van der Waals surface area contributed by atoms with Crippen LogP contribution >= 0.6 is 0 Å². The van der Waals surface area contributed by atoms with E-state index in [1.54, 1.807) is 6.92 Å². The fourth-order valence-electron chi connectivity index (χ4n) is 1.42. The van der Waals surface area contributed by atoms with Crippen LogP contribution in [0.4, 0.5) is 0 Å². The maximum absolute atomic E-state index is 10.5. The summed E-state index contributed by atoms with van der Waals surface area (Å²) >= 11 is 0. The van der Waals surface area contributed by atoms with Crippen LogP contribution < -0.4 is 4.74 Å². The third kappa shape index (κ3) is 3.62. The number of aliphatic carboxylic acids is 1. The third-order valence-electron chi connectivity index (χ3n) is 2.14. The molecule has 0 heterocycles. The van der Waals surface area contributed by atoms with Gasteiger partial charge in [0.2, 0.25) is 0 Å². The summed E-state index contributed by atoms with van der Waals surface area (Å²) in [5.74, 6) is -0.0507. The minimum atomic E-state index is -0.837. The second kappa shape index (κ2) is 5.39. The van der Waals surface area contributed by atoms with Gasteiger partial charge in [0.1, 0.15) is 11.9 Å². The van der Waals surface area contributed by atoms with E-state index in [9.17, 15) is 4.79 Å². The molecule has 1 rings (SSSR count). The molecule has 0 amide bonds. The van der Waals surface area contributed by atoms with Crippen LogP contribution in [0, 0.1) is 0 Å². The topological polar surface area (TPSA) is 46.5 Å². The zero-order valence-corrected chi connectivity index (χ0v) is 9.06. The van der Waals surface area contributed by atoms with Crippen LogP contribution in [-0.2, 0) is 11.2 Å². The third-order valence-corrected chi connectivity index (χ3v) is 2.14. The van der Waals surface area contributed by atoms with E-state index in [1.165, 1.54) is 0 Å². The molecule has 0 saturated heterocycles. The summed E-state index contributed by atoms with van der Waals surface area (Å²) in [6.07, 6.45) is 0.615. The van der Waals surface area contributed by atoms with E-state index in [4.69, 9.17) is 9.84 Å². The van der Waals surface area contributed by atoms with Gasteiger partial charge in [0, 0.05) is 0 Å². The van der Waals surface area contributed by atoms with Crippen molar-refractivity contribution in [3.8, 4) is 5.75 Å². The van der Waals surface area contributed by atoms with Crippen molar-refractivity contribution >= 4 is 5.97 Å². The number of para-hydroxylation sites is 1. The molecule has 1 N–H and O–H groups in total. The molecule has 3 nitrogen and oxygen atoms in total. The molecule has 0 aliphatic rings. The van der Waals surface area contributed by atoms with Crippen molar-refractivity contribution in [1.82, 2.24) is 0 Å². The number of benzene rings is 1. The Kier molecular flexibility index (Phi) is 4.16.